The lowest BCUT2D eigenvalue weighted by atomic mass is 10.0. The number of H-pyrrole nitrogens is 1. The van der Waals surface area contributed by atoms with E-state index in [1.54, 1.807) is 18.7 Å². The lowest BCUT2D eigenvalue weighted by Gasteiger charge is -2.10. The minimum Gasteiger partial charge on any atom is -0.343 e. The highest BCUT2D eigenvalue weighted by Gasteiger charge is 2.07. The maximum absolute atomic E-state index is 4.61. The number of hydrogen-bond donors (Lipinski definition) is 2. The monoisotopic (exact) mass is 330 g/mol. The van der Waals surface area contributed by atoms with Gasteiger partial charge in [-0.2, -0.15) is 0 Å². The third kappa shape index (κ3) is 3.19. The lowest BCUT2D eigenvalue weighted by molar-refractivity contribution is 0.867. The molecule has 0 bridgehead atoms. The van der Waals surface area contributed by atoms with Gasteiger partial charge in [0.15, 0.2) is 5.65 Å². The van der Waals surface area contributed by atoms with Crippen LogP contribution < -0.4 is 5.32 Å². The van der Waals surface area contributed by atoms with E-state index in [-0.39, 0.29) is 0 Å². The van der Waals surface area contributed by atoms with Gasteiger partial charge in [-0.3, -0.25) is 0 Å². The summed E-state index contributed by atoms with van der Waals surface area (Å²) in [6.07, 6.45) is 5.15. The van der Waals surface area contributed by atoms with Gasteiger partial charge < -0.3 is 10.3 Å². The van der Waals surface area contributed by atoms with E-state index in [1.165, 1.54) is 5.56 Å². The zero-order chi connectivity index (χ0) is 17.2. The molecule has 0 fully saturated rings. The first-order chi connectivity index (χ1) is 12.2. The third-order valence-electron chi connectivity index (χ3n) is 4.03. The number of imidazole rings is 1. The molecule has 0 aliphatic heterocycles. The Labute approximate surface area is 145 Å². The first kappa shape index (κ1) is 15.3. The molecular formula is C19H18N6. The van der Waals surface area contributed by atoms with Gasteiger partial charge in [-0.25, -0.2) is 19.9 Å². The molecule has 6 nitrogen and oxygen atoms in total. The molecule has 4 aromatic rings. The predicted molar refractivity (Wildman–Crippen MR) is 98.7 cm³/mol. The molecule has 0 aliphatic carbocycles. The van der Waals surface area contributed by atoms with E-state index in [2.05, 4.69) is 56.2 Å². The van der Waals surface area contributed by atoms with E-state index in [0.717, 1.165) is 22.5 Å². The average molecular weight is 330 g/mol. The number of hydrogen-bond acceptors (Lipinski definition) is 5. The van der Waals surface area contributed by atoms with Crippen molar-refractivity contribution in [2.75, 3.05) is 5.32 Å². The number of fused-ring (bicyclic) bond motifs is 1. The van der Waals surface area contributed by atoms with Crippen molar-refractivity contribution >= 4 is 22.8 Å². The normalized spacial score (nSPS) is 11.2. The molecule has 0 unspecified atom stereocenters. The van der Waals surface area contributed by atoms with Crippen molar-refractivity contribution in [3.8, 4) is 11.3 Å². The van der Waals surface area contributed by atoms with Crippen LogP contribution in [-0.2, 0) is 0 Å². The summed E-state index contributed by atoms with van der Waals surface area (Å²) < 4.78 is 0. The van der Waals surface area contributed by atoms with Crippen molar-refractivity contribution in [2.24, 2.45) is 0 Å². The molecule has 6 heteroatoms. The SMILES string of the molecule is CC(C)c1cccc(Nc2nccc(-c3cnc4nc[nH]c4c3)n2)c1. The first-order valence-corrected chi connectivity index (χ1v) is 8.18. The fourth-order valence-corrected chi connectivity index (χ4v) is 2.65. The molecule has 0 atom stereocenters. The van der Waals surface area contributed by atoms with Crippen molar-refractivity contribution in [1.29, 1.82) is 0 Å². The van der Waals surface area contributed by atoms with Crippen LogP contribution in [0.2, 0.25) is 0 Å². The van der Waals surface area contributed by atoms with Crippen LogP contribution in [0.3, 0.4) is 0 Å². The van der Waals surface area contributed by atoms with Crippen LogP contribution in [0.1, 0.15) is 25.3 Å². The number of rotatable bonds is 4. The highest BCUT2D eigenvalue weighted by atomic mass is 15.1. The number of benzene rings is 1. The van der Waals surface area contributed by atoms with Gasteiger partial charge in [-0.1, -0.05) is 26.0 Å². The zero-order valence-corrected chi connectivity index (χ0v) is 14.1. The van der Waals surface area contributed by atoms with Crippen molar-refractivity contribution in [3.05, 3.63) is 60.7 Å². The van der Waals surface area contributed by atoms with Gasteiger partial charge in [0, 0.05) is 23.6 Å². The molecule has 25 heavy (non-hydrogen) atoms. The number of aromatic nitrogens is 5. The van der Waals surface area contributed by atoms with Crippen molar-refractivity contribution in [2.45, 2.75) is 19.8 Å². The van der Waals surface area contributed by atoms with Gasteiger partial charge >= 0.3 is 0 Å². The molecular weight excluding hydrogens is 312 g/mol. The summed E-state index contributed by atoms with van der Waals surface area (Å²) in [4.78, 5) is 20.5. The Morgan fingerprint density at radius 3 is 2.84 bits per heavy atom. The van der Waals surface area contributed by atoms with Crippen LogP contribution in [0, 0.1) is 0 Å². The van der Waals surface area contributed by atoms with E-state index in [9.17, 15) is 0 Å². The van der Waals surface area contributed by atoms with E-state index in [0.29, 0.717) is 17.5 Å². The van der Waals surface area contributed by atoms with Crippen molar-refractivity contribution < 1.29 is 0 Å². The molecule has 0 radical (unpaired) electrons. The van der Waals surface area contributed by atoms with Crippen LogP contribution in [0.4, 0.5) is 11.6 Å². The molecule has 2 N–H and O–H groups in total. The molecule has 0 aliphatic rings. The molecule has 0 saturated carbocycles. The van der Waals surface area contributed by atoms with Crippen LogP contribution in [0.5, 0.6) is 0 Å². The summed E-state index contributed by atoms with van der Waals surface area (Å²) in [6.45, 7) is 4.35. The van der Waals surface area contributed by atoms with E-state index >= 15 is 0 Å². The van der Waals surface area contributed by atoms with Gasteiger partial charge in [0.25, 0.3) is 0 Å². The Balaban J connectivity index is 1.64. The zero-order valence-electron chi connectivity index (χ0n) is 14.1. The van der Waals surface area contributed by atoms with Crippen LogP contribution in [-0.4, -0.2) is 24.9 Å². The maximum atomic E-state index is 4.61. The van der Waals surface area contributed by atoms with Crippen LogP contribution >= 0.6 is 0 Å². The largest absolute Gasteiger partial charge is 0.343 e. The van der Waals surface area contributed by atoms with Crippen molar-refractivity contribution in [1.82, 2.24) is 24.9 Å². The average Bonchev–Trinajstić information content (AvgIpc) is 3.10. The van der Waals surface area contributed by atoms with Crippen LogP contribution in [0.25, 0.3) is 22.4 Å². The summed E-state index contributed by atoms with van der Waals surface area (Å²) in [7, 11) is 0. The smallest absolute Gasteiger partial charge is 0.227 e. The standard InChI is InChI=1S/C19H18N6/c1-12(2)13-4-3-5-15(8-13)24-19-20-7-6-16(25-19)14-9-17-18(21-10-14)23-11-22-17/h3-12H,1-2H3,(H,20,24,25)(H,21,22,23). The molecule has 0 saturated heterocycles. The summed E-state index contributed by atoms with van der Waals surface area (Å²) >= 11 is 0. The predicted octanol–water partition coefficient (Wildman–Crippen LogP) is 4.28. The minimum atomic E-state index is 0.473. The second kappa shape index (κ2) is 6.32. The number of anilines is 2. The molecule has 0 spiro atoms. The number of aromatic amines is 1. The van der Waals surface area contributed by atoms with Crippen molar-refractivity contribution in [3.63, 3.8) is 0 Å². The second-order valence-electron chi connectivity index (χ2n) is 6.17. The summed E-state index contributed by atoms with van der Waals surface area (Å²) in [5.74, 6) is 1.03. The third-order valence-corrected chi connectivity index (χ3v) is 4.03. The number of nitrogens with one attached hydrogen (secondary N) is 2. The van der Waals surface area contributed by atoms with Gasteiger partial charge in [-0.05, 0) is 35.7 Å². The topological polar surface area (TPSA) is 79.4 Å². The highest BCUT2D eigenvalue weighted by Crippen LogP contribution is 2.23. The molecule has 124 valence electrons. The Kier molecular flexibility index (Phi) is 3.85. The minimum absolute atomic E-state index is 0.473. The lowest BCUT2D eigenvalue weighted by Crippen LogP contribution is -1.99. The summed E-state index contributed by atoms with van der Waals surface area (Å²) in [6, 6.07) is 12.2. The number of nitrogens with zero attached hydrogens (tertiary/aromatic N) is 4. The van der Waals surface area contributed by atoms with Gasteiger partial charge in [0.05, 0.1) is 17.5 Å². The van der Waals surface area contributed by atoms with E-state index in [4.69, 9.17) is 0 Å². The molecule has 3 aromatic heterocycles. The second-order valence-corrected chi connectivity index (χ2v) is 6.17. The summed E-state index contributed by atoms with van der Waals surface area (Å²) in [5, 5.41) is 3.28. The first-order valence-electron chi connectivity index (χ1n) is 8.18. The highest BCUT2D eigenvalue weighted by molar-refractivity contribution is 5.76. The van der Waals surface area contributed by atoms with E-state index < -0.39 is 0 Å². The quantitative estimate of drug-likeness (QED) is 0.584. The Hall–Kier alpha value is -3.28. The molecule has 4 rings (SSSR count). The fourth-order valence-electron chi connectivity index (χ4n) is 2.65. The van der Waals surface area contributed by atoms with Gasteiger partial charge in [0.1, 0.15) is 0 Å². The fraction of sp³-hybridized carbons (Fsp3) is 0.158. The van der Waals surface area contributed by atoms with E-state index in [1.807, 2.05) is 24.3 Å². The summed E-state index contributed by atoms with van der Waals surface area (Å²) in [5.41, 5.74) is 5.55. The Bertz CT molecular complexity index is 1020. The molecule has 0 amide bonds. The van der Waals surface area contributed by atoms with Crippen LogP contribution in [0.15, 0.2) is 55.1 Å². The number of pyridine rings is 1. The van der Waals surface area contributed by atoms with Gasteiger partial charge in [0.2, 0.25) is 5.95 Å². The molecule has 3 heterocycles. The Morgan fingerprint density at radius 2 is 1.96 bits per heavy atom. The maximum Gasteiger partial charge on any atom is 0.227 e. The molecule has 1 aromatic carbocycles. The Morgan fingerprint density at radius 1 is 1.04 bits per heavy atom. The van der Waals surface area contributed by atoms with Gasteiger partial charge in [-0.15, -0.1) is 0 Å².